The second-order valence-corrected chi connectivity index (χ2v) is 4.41. The van der Waals surface area contributed by atoms with E-state index in [0.717, 1.165) is 5.75 Å². The van der Waals surface area contributed by atoms with E-state index in [9.17, 15) is 0 Å². The molecule has 0 aliphatic carbocycles. The normalized spacial score (nSPS) is 10.6. The zero-order valence-corrected chi connectivity index (χ0v) is 9.14. The van der Waals surface area contributed by atoms with Crippen molar-refractivity contribution in [2.75, 3.05) is 0 Å². The van der Waals surface area contributed by atoms with E-state index in [0.29, 0.717) is 0 Å². The topological polar surface area (TPSA) is 9.23 Å². The molecule has 0 saturated carbocycles. The van der Waals surface area contributed by atoms with Crippen LogP contribution in [0.15, 0.2) is 18.2 Å². The van der Waals surface area contributed by atoms with Crippen LogP contribution in [0.4, 0.5) is 0 Å². The van der Waals surface area contributed by atoms with Crippen LogP contribution in [0.2, 0.25) is 0 Å². The number of rotatable bonds is 1. The van der Waals surface area contributed by atoms with Crippen LogP contribution < -0.4 is 4.74 Å². The van der Waals surface area contributed by atoms with Gasteiger partial charge in [0, 0.05) is 0 Å². The zero-order valence-electron chi connectivity index (χ0n) is 9.14. The molecule has 80 valence electrons. The second-order valence-electron chi connectivity index (χ2n) is 4.41. The Bertz CT molecular complexity index is 300. The molecule has 1 aromatic rings. The van der Waals surface area contributed by atoms with Crippen molar-refractivity contribution in [2.24, 2.45) is 0 Å². The van der Waals surface area contributed by atoms with Crippen molar-refractivity contribution in [3.05, 3.63) is 29.3 Å². The number of benzene rings is 1. The molecule has 0 aliphatic heterocycles. The van der Waals surface area contributed by atoms with Gasteiger partial charge in [0.15, 0.2) is 0 Å². The molecule has 1 nitrogen and oxygen atoms in total. The van der Waals surface area contributed by atoms with E-state index in [2.05, 4.69) is 40.7 Å². The first-order valence-corrected chi connectivity index (χ1v) is 4.65. The van der Waals surface area contributed by atoms with Crippen molar-refractivity contribution in [3.8, 4) is 5.75 Å². The third-order valence-electron chi connectivity index (χ3n) is 1.97. The van der Waals surface area contributed by atoms with Gasteiger partial charge in [-0.3, -0.25) is 0 Å². The Kier molecular flexibility index (Phi) is 4.39. The highest BCUT2D eigenvalue weighted by molar-refractivity contribution is 5.75. The maximum absolute atomic E-state index is 5.81. The summed E-state index contributed by atoms with van der Waals surface area (Å²) in [5, 5.41) is 0. The van der Waals surface area contributed by atoms with E-state index in [-0.39, 0.29) is 16.6 Å². The molecular formula is C12H22OSi. The van der Waals surface area contributed by atoms with E-state index in [1.807, 2.05) is 12.1 Å². The Hall–Kier alpha value is -0.763. The summed E-state index contributed by atoms with van der Waals surface area (Å²) in [6.45, 7) is 10.4. The molecule has 0 unspecified atom stereocenters. The molecule has 0 amide bonds. The predicted octanol–water partition coefficient (Wildman–Crippen LogP) is 2.03. The fourth-order valence-electron chi connectivity index (χ4n) is 1.16. The maximum Gasteiger partial charge on any atom is 0.123 e. The van der Waals surface area contributed by atoms with Crippen molar-refractivity contribution in [1.82, 2.24) is 0 Å². The minimum absolute atomic E-state index is 0. The van der Waals surface area contributed by atoms with Crippen molar-refractivity contribution in [2.45, 2.75) is 40.2 Å². The molecule has 2 heteroatoms. The summed E-state index contributed by atoms with van der Waals surface area (Å²) in [5.74, 6) is 0.993. The lowest BCUT2D eigenvalue weighted by atomic mass is 10.1. The van der Waals surface area contributed by atoms with Gasteiger partial charge in [0.25, 0.3) is 0 Å². The van der Waals surface area contributed by atoms with E-state index in [4.69, 9.17) is 4.74 Å². The molecule has 0 radical (unpaired) electrons. The van der Waals surface area contributed by atoms with Crippen molar-refractivity contribution in [1.29, 1.82) is 0 Å². The molecule has 0 N–H and O–H groups in total. The zero-order chi connectivity index (χ0) is 10.1. The Morgan fingerprint density at radius 1 is 1.07 bits per heavy atom. The molecule has 0 heterocycles. The summed E-state index contributed by atoms with van der Waals surface area (Å²) in [5.41, 5.74) is 2.40. The van der Waals surface area contributed by atoms with Gasteiger partial charge in [0.1, 0.15) is 11.4 Å². The van der Waals surface area contributed by atoms with Gasteiger partial charge in [-0.2, -0.15) is 0 Å². The average molecular weight is 210 g/mol. The predicted molar refractivity (Wildman–Crippen MR) is 67.6 cm³/mol. The number of hydrogen-bond acceptors (Lipinski definition) is 1. The summed E-state index contributed by atoms with van der Waals surface area (Å²) in [6.07, 6.45) is 0. The summed E-state index contributed by atoms with van der Waals surface area (Å²) in [6, 6.07) is 6.15. The molecule has 1 aromatic carbocycles. The third-order valence-corrected chi connectivity index (χ3v) is 1.97. The van der Waals surface area contributed by atoms with Gasteiger partial charge in [-0.15, -0.1) is 0 Å². The molecule has 0 fully saturated rings. The van der Waals surface area contributed by atoms with Crippen LogP contribution in [-0.4, -0.2) is 16.6 Å². The standard InChI is InChI=1S/C12H18O.H4Si/c1-9-7-6-8-11(10(9)2)13-12(3,4)5;/h6-8H,1-5H3;1H4. The van der Waals surface area contributed by atoms with Gasteiger partial charge < -0.3 is 4.74 Å². The summed E-state index contributed by atoms with van der Waals surface area (Å²) in [7, 11) is 0. The summed E-state index contributed by atoms with van der Waals surface area (Å²) < 4.78 is 5.81. The number of hydrogen-bond donors (Lipinski definition) is 0. The van der Waals surface area contributed by atoms with Gasteiger partial charge in [-0.25, -0.2) is 0 Å². The van der Waals surface area contributed by atoms with E-state index in [1.165, 1.54) is 11.1 Å². The molecule has 14 heavy (non-hydrogen) atoms. The van der Waals surface area contributed by atoms with Gasteiger partial charge in [-0.05, 0) is 62.8 Å². The highest BCUT2D eigenvalue weighted by atomic mass is 28.1. The van der Waals surface area contributed by atoms with E-state index >= 15 is 0 Å². The molecular weight excluding hydrogens is 188 g/mol. The largest absolute Gasteiger partial charge is 0.488 e. The lowest BCUT2D eigenvalue weighted by molar-refractivity contribution is 0.130. The van der Waals surface area contributed by atoms with Crippen LogP contribution in [0.3, 0.4) is 0 Å². The van der Waals surface area contributed by atoms with Gasteiger partial charge >= 0.3 is 0 Å². The van der Waals surface area contributed by atoms with Crippen LogP contribution in [0.1, 0.15) is 31.9 Å². The first kappa shape index (κ1) is 13.2. The number of aryl methyl sites for hydroxylation is 1. The molecule has 0 aromatic heterocycles. The van der Waals surface area contributed by atoms with Gasteiger partial charge in [0.05, 0.1) is 0 Å². The van der Waals surface area contributed by atoms with Crippen LogP contribution in [0.5, 0.6) is 5.75 Å². The van der Waals surface area contributed by atoms with E-state index < -0.39 is 0 Å². The Morgan fingerprint density at radius 3 is 2.14 bits per heavy atom. The molecule has 0 bridgehead atoms. The molecule has 0 spiro atoms. The highest BCUT2D eigenvalue weighted by Gasteiger charge is 2.13. The molecule has 1 rings (SSSR count). The smallest absolute Gasteiger partial charge is 0.123 e. The van der Waals surface area contributed by atoms with Crippen LogP contribution in [-0.2, 0) is 0 Å². The molecule has 0 saturated heterocycles. The summed E-state index contributed by atoms with van der Waals surface area (Å²) in [4.78, 5) is 0. The maximum atomic E-state index is 5.81. The van der Waals surface area contributed by atoms with Crippen LogP contribution >= 0.6 is 0 Å². The quantitative estimate of drug-likeness (QED) is 0.645. The first-order chi connectivity index (χ1) is 5.90. The Balaban J connectivity index is 0.00000169. The number of ether oxygens (including phenoxy) is 1. The van der Waals surface area contributed by atoms with Gasteiger partial charge in [0.2, 0.25) is 0 Å². The molecule has 0 aliphatic rings. The SMILES string of the molecule is Cc1cccc(OC(C)(C)C)c1C.[SiH4]. The van der Waals surface area contributed by atoms with Crippen molar-refractivity contribution >= 4 is 11.0 Å². The van der Waals surface area contributed by atoms with Crippen LogP contribution in [0, 0.1) is 13.8 Å². The fraction of sp³-hybridized carbons (Fsp3) is 0.500. The minimum atomic E-state index is -0.113. The fourth-order valence-corrected chi connectivity index (χ4v) is 1.16. The van der Waals surface area contributed by atoms with Crippen LogP contribution in [0.25, 0.3) is 0 Å². The summed E-state index contributed by atoms with van der Waals surface area (Å²) >= 11 is 0. The third kappa shape index (κ3) is 3.54. The lowest BCUT2D eigenvalue weighted by Gasteiger charge is -2.23. The first-order valence-electron chi connectivity index (χ1n) is 4.65. The lowest BCUT2D eigenvalue weighted by Crippen LogP contribution is -2.23. The van der Waals surface area contributed by atoms with Crippen molar-refractivity contribution in [3.63, 3.8) is 0 Å². The van der Waals surface area contributed by atoms with Gasteiger partial charge in [-0.1, -0.05) is 12.1 Å². The van der Waals surface area contributed by atoms with E-state index in [1.54, 1.807) is 0 Å². The molecule has 0 atom stereocenters. The monoisotopic (exact) mass is 210 g/mol. The average Bonchev–Trinajstić information content (AvgIpc) is 1.96. The highest BCUT2D eigenvalue weighted by Crippen LogP contribution is 2.24. The second kappa shape index (κ2) is 4.65. The van der Waals surface area contributed by atoms with Crippen molar-refractivity contribution < 1.29 is 4.74 Å². The Labute approximate surface area is 91.5 Å². The minimum Gasteiger partial charge on any atom is -0.488 e. The Morgan fingerprint density at radius 2 is 1.64 bits per heavy atom.